The van der Waals surface area contributed by atoms with E-state index >= 15 is 0 Å². The Morgan fingerprint density at radius 1 is 1.06 bits per heavy atom. The number of hydrogen-bond donors (Lipinski definition) is 1. The second kappa shape index (κ2) is 10.0. The lowest BCUT2D eigenvalue weighted by molar-refractivity contribution is -0.139. The first-order valence-corrected chi connectivity index (χ1v) is 11.9. The summed E-state index contributed by atoms with van der Waals surface area (Å²) in [6, 6.07) is 12.5. The molecule has 0 amide bonds. The monoisotopic (exact) mass is 481 g/mol. The highest BCUT2D eigenvalue weighted by molar-refractivity contribution is 6.30. The van der Waals surface area contributed by atoms with Crippen LogP contribution in [0.2, 0.25) is 5.02 Å². The van der Waals surface area contributed by atoms with E-state index in [4.69, 9.17) is 26.1 Å². The number of carbonyl (C=O) groups is 2. The zero-order valence-electron chi connectivity index (χ0n) is 19.5. The minimum Gasteiger partial charge on any atom is -0.504 e. The second-order valence-electron chi connectivity index (χ2n) is 8.56. The second-order valence-corrected chi connectivity index (χ2v) is 9.00. The molecule has 3 atom stereocenters. The molecule has 0 radical (unpaired) electrons. The van der Waals surface area contributed by atoms with Crippen LogP contribution in [0.1, 0.15) is 56.6 Å². The number of allylic oxidation sites excluding steroid dienone is 1. The molecule has 7 heteroatoms. The Balaban J connectivity index is 1.80. The van der Waals surface area contributed by atoms with E-state index in [-0.39, 0.29) is 24.1 Å². The summed E-state index contributed by atoms with van der Waals surface area (Å²) < 4.78 is 10.9. The van der Waals surface area contributed by atoms with Crippen molar-refractivity contribution in [2.75, 3.05) is 13.2 Å². The first-order valence-electron chi connectivity index (χ1n) is 11.5. The number of phenolic OH excluding ortho intramolecular Hbond substituents is 1. The standard InChI is InChI=1S/C27H28ClNO5/c1-4-33-23-14-17(8-11-21(23)30)25-24(27(32)34-5-2)15(3)29-20-12-18(13-22(31)26(20)25)16-6-9-19(28)10-7-16/h6-11,14,18,25-26,30H,4-5,12-13H2,1-3H3/t18-,25+,26?/m0/s1. The molecule has 1 saturated carbocycles. The maximum absolute atomic E-state index is 13.6. The largest absolute Gasteiger partial charge is 0.504 e. The fourth-order valence-corrected chi connectivity index (χ4v) is 5.10. The molecule has 2 aliphatic rings. The van der Waals surface area contributed by atoms with Gasteiger partial charge in [0.15, 0.2) is 11.5 Å². The number of fused-ring (bicyclic) bond motifs is 1. The summed E-state index contributed by atoms with van der Waals surface area (Å²) in [5.74, 6) is -1.28. The predicted molar refractivity (Wildman–Crippen MR) is 131 cm³/mol. The smallest absolute Gasteiger partial charge is 0.336 e. The quantitative estimate of drug-likeness (QED) is 0.544. The third-order valence-corrected chi connectivity index (χ3v) is 6.69. The van der Waals surface area contributed by atoms with Crippen LogP contribution < -0.4 is 4.74 Å². The van der Waals surface area contributed by atoms with E-state index in [9.17, 15) is 14.7 Å². The van der Waals surface area contributed by atoms with E-state index < -0.39 is 17.8 Å². The van der Waals surface area contributed by atoms with Crippen molar-refractivity contribution < 1.29 is 24.2 Å². The Kier molecular flexibility index (Phi) is 7.08. The van der Waals surface area contributed by atoms with Crippen molar-refractivity contribution in [2.24, 2.45) is 10.9 Å². The summed E-state index contributed by atoms with van der Waals surface area (Å²) >= 11 is 6.05. The lowest BCUT2D eigenvalue weighted by atomic mass is 9.66. The van der Waals surface area contributed by atoms with Gasteiger partial charge in [0.05, 0.1) is 24.7 Å². The first-order chi connectivity index (χ1) is 16.3. The number of rotatable bonds is 6. The van der Waals surface area contributed by atoms with Gasteiger partial charge in [-0.1, -0.05) is 29.8 Å². The van der Waals surface area contributed by atoms with Crippen molar-refractivity contribution in [1.29, 1.82) is 0 Å². The molecule has 1 aliphatic carbocycles. The molecule has 178 valence electrons. The number of nitrogens with zero attached hydrogens (tertiary/aromatic N) is 1. The average Bonchev–Trinajstić information content (AvgIpc) is 2.80. The van der Waals surface area contributed by atoms with Gasteiger partial charge >= 0.3 is 5.97 Å². The molecule has 2 aromatic rings. The van der Waals surface area contributed by atoms with Gasteiger partial charge in [-0.2, -0.15) is 0 Å². The van der Waals surface area contributed by atoms with E-state index in [0.717, 1.165) is 11.3 Å². The van der Waals surface area contributed by atoms with Crippen molar-refractivity contribution >= 4 is 29.1 Å². The van der Waals surface area contributed by atoms with Crippen LogP contribution in [0.5, 0.6) is 11.5 Å². The topological polar surface area (TPSA) is 85.2 Å². The van der Waals surface area contributed by atoms with Gasteiger partial charge in [-0.25, -0.2) is 4.79 Å². The van der Waals surface area contributed by atoms with Crippen molar-refractivity contribution in [2.45, 2.75) is 45.4 Å². The number of aromatic hydroxyl groups is 1. The number of carbonyl (C=O) groups excluding carboxylic acids is 2. The van der Waals surface area contributed by atoms with E-state index in [1.807, 2.05) is 31.2 Å². The van der Waals surface area contributed by atoms with Crippen molar-refractivity contribution in [3.63, 3.8) is 0 Å². The Bertz CT molecular complexity index is 1170. The molecular weight excluding hydrogens is 454 g/mol. The Labute approximate surface area is 204 Å². The molecule has 0 bridgehead atoms. The predicted octanol–water partition coefficient (Wildman–Crippen LogP) is 5.58. The van der Waals surface area contributed by atoms with Crippen LogP contribution in [-0.4, -0.2) is 35.8 Å². The van der Waals surface area contributed by atoms with Crippen LogP contribution in [-0.2, 0) is 14.3 Å². The van der Waals surface area contributed by atoms with Gasteiger partial charge in [0, 0.05) is 28.8 Å². The Morgan fingerprint density at radius 3 is 2.44 bits per heavy atom. The number of phenols is 1. The van der Waals surface area contributed by atoms with E-state index in [1.54, 1.807) is 26.0 Å². The normalized spacial score (nSPS) is 22.2. The Morgan fingerprint density at radius 2 is 1.76 bits per heavy atom. The number of benzene rings is 2. The van der Waals surface area contributed by atoms with Crippen LogP contribution >= 0.6 is 11.6 Å². The molecule has 1 heterocycles. The maximum atomic E-state index is 13.6. The van der Waals surface area contributed by atoms with Crippen LogP contribution in [0.4, 0.5) is 0 Å². The number of esters is 1. The lowest BCUT2D eigenvalue weighted by Crippen LogP contribution is -2.41. The van der Waals surface area contributed by atoms with Gasteiger partial charge in [0.25, 0.3) is 0 Å². The zero-order valence-corrected chi connectivity index (χ0v) is 20.3. The molecule has 34 heavy (non-hydrogen) atoms. The minimum atomic E-state index is -0.578. The Hall–Kier alpha value is -3.12. The van der Waals surface area contributed by atoms with Crippen LogP contribution in [0.3, 0.4) is 0 Å². The van der Waals surface area contributed by atoms with E-state index in [1.165, 1.54) is 6.07 Å². The highest BCUT2D eigenvalue weighted by Gasteiger charge is 2.46. The fraction of sp³-hybridized carbons (Fsp3) is 0.370. The third-order valence-electron chi connectivity index (χ3n) is 6.43. The summed E-state index contributed by atoms with van der Waals surface area (Å²) in [5, 5.41) is 10.9. The van der Waals surface area contributed by atoms with Gasteiger partial charge in [-0.3, -0.25) is 9.79 Å². The maximum Gasteiger partial charge on any atom is 0.336 e. The molecular formula is C27H28ClNO5. The van der Waals surface area contributed by atoms with Crippen LogP contribution in [0, 0.1) is 5.92 Å². The first kappa shape index (κ1) is 24.0. The number of hydrogen-bond acceptors (Lipinski definition) is 6. The molecule has 1 unspecified atom stereocenters. The molecule has 0 aromatic heterocycles. The molecule has 1 fully saturated rings. The van der Waals surface area contributed by atoms with Crippen LogP contribution in [0.25, 0.3) is 0 Å². The summed E-state index contributed by atoms with van der Waals surface area (Å²) in [6.45, 7) is 5.95. The molecule has 1 aliphatic heterocycles. The minimum absolute atomic E-state index is 0.00355. The summed E-state index contributed by atoms with van der Waals surface area (Å²) in [7, 11) is 0. The van der Waals surface area contributed by atoms with Crippen molar-refractivity contribution in [3.8, 4) is 11.5 Å². The molecule has 0 spiro atoms. The SMILES string of the molecule is CCOC(=O)C1=C(C)N=C2C[C@H](c3ccc(Cl)cc3)CC(=O)C2[C@@H]1c1ccc(O)c(OCC)c1. The highest BCUT2D eigenvalue weighted by Crippen LogP contribution is 2.47. The number of Topliss-reactive ketones (excluding diaryl/α,β-unsaturated/α-hetero) is 1. The van der Waals surface area contributed by atoms with Gasteiger partial charge < -0.3 is 14.6 Å². The van der Waals surface area contributed by atoms with E-state index in [0.29, 0.717) is 47.1 Å². The third kappa shape index (κ3) is 4.60. The molecule has 4 rings (SSSR count). The van der Waals surface area contributed by atoms with Gasteiger partial charge in [0.1, 0.15) is 5.78 Å². The summed E-state index contributed by atoms with van der Waals surface area (Å²) in [4.78, 5) is 31.4. The number of ether oxygens (including phenoxy) is 2. The lowest BCUT2D eigenvalue weighted by Gasteiger charge is -2.38. The average molecular weight is 482 g/mol. The van der Waals surface area contributed by atoms with Crippen LogP contribution in [0.15, 0.2) is 58.7 Å². The molecule has 2 aromatic carbocycles. The number of halogens is 1. The fourth-order valence-electron chi connectivity index (χ4n) is 4.98. The summed E-state index contributed by atoms with van der Waals surface area (Å²) in [5.41, 5.74) is 3.43. The highest BCUT2D eigenvalue weighted by atomic mass is 35.5. The number of ketones is 1. The summed E-state index contributed by atoms with van der Waals surface area (Å²) in [6.07, 6.45) is 0.950. The van der Waals surface area contributed by atoms with Gasteiger partial charge in [-0.05, 0) is 68.5 Å². The van der Waals surface area contributed by atoms with Crippen molar-refractivity contribution in [1.82, 2.24) is 0 Å². The molecule has 6 nitrogen and oxygen atoms in total. The zero-order chi connectivity index (χ0) is 24.4. The molecule has 0 saturated heterocycles. The van der Waals surface area contributed by atoms with Gasteiger partial charge in [-0.15, -0.1) is 0 Å². The van der Waals surface area contributed by atoms with Gasteiger partial charge in [0.2, 0.25) is 0 Å². The van der Waals surface area contributed by atoms with Crippen molar-refractivity contribution in [3.05, 3.63) is 69.9 Å². The van der Waals surface area contributed by atoms with E-state index in [2.05, 4.69) is 0 Å². The number of aliphatic imine (C=N–C) groups is 1. The molecule has 1 N–H and O–H groups in total.